The molecule has 0 heterocycles. The molecule has 1 saturated carbocycles. The van der Waals surface area contributed by atoms with Crippen molar-refractivity contribution in [3.63, 3.8) is 0 Å². The van der Waals surface area contributed by atoms with E-state index in [1.807, 2.05) is 18.2 Å². The van der Waals surface area contributed by atoms with Crippen LogP contribution in [0.25, 0.3) is 0 Å². The lowest BCUT2D eigenvalue weighted by atomic mass is 9.84. The van der Waals surface area contributed by atoms with Crippen LogP contribution in [0.5, 0.6) is 5.75 Å². The Morgan fingerprint density at radius 3 is 2.42 bits per heavy atom. The minimum absolute atomic E-state index is 0.328. The van der Waals surface area contributed by atoms with E-state index in [1.165, 1.54) is 0 Å². The van der Waals surface area contributed by atoms with Crippen LogP contribution < -0.4 is 10.5 Å². The Morgan fingerprint density at radius 2 is 1.84 bits per heavy atom. The van der Waals surface area contributed by atoms with E-state index in [9.17, 15) is 4.79 Å². The van der Waals surface area contributed by atoms with Crippen molar-refractivity contribution in [3.8, 4) is 5.75 Å². The van der Waals surface area contributed by atoms with Crippen molar-refractivity contribution in [3.05, 3.63) is 29.8 Å². The number of hydrogen-bond donors (Lipinski definition) is 1. The SMILES string of the molecule is CC(C)c1ccccc1OC1(C(N)=O)CCCCC1. The third kappa shape index (κ3) is 2.91. The van der Waals surface area contributed by atoms with Crippen LogP contribution in [0.1, 0.15) is 57.4 Å². The molecular weight excluding hydrogens is 238 g/mol. The van der Waals surface area contributed by atoms with Gasteiger partial charge in [-0.2, -0.15) is 0 Å². The number of hydrogen-bond acceptors (Lipinski definition) is 2. The Morgan fingerprint density at radius 1 is 1.21 bits per heavy atom. The Labute approximate surface area is 115 Å². The van der Waals surface area contributed by atoms with Gasteiger partial charge in [0.15, 0.2) is 5.60 Å². The van der Waals surface area contributed by atoms with Crippen LogP contribution in [0.4, 0.5) is 0 Å². The summed E-state index contributed by atoms with van der Waals surface area (Å²) in [4.78, 5) is 11.9. The highest BCUT2D eigenvalue weighted by Crippen LogP contribution is 2.36. The summed E-state index contributed by atoms with van der Waals surface area (Å²) in [7, 11) is 0. The van der Waals surface area contributed by atoms with Gasteiger partial charge in [-0.15, -0.1) is 0 Å². The van der Waals surface area contributed by atoms with Crippen LogP contribution in [0.3, 0.4) is 0 Å². The smallest absolute Gasteiger partial charge is 0.261 e. The quantitative estimate of drug-likeness (QED) is 0.903. The molecule has 0 saturated heterocycles. The van der Waals surface area contributed by atoms with E-state index in [1.54, 1.807) is 0 Å². The number of para-hydroxylation sites is 1. The van der Waals surface area contributed by atoms with Crippen LogP contribution in [0.2, 0.25) is 0 Å². The van der Waals surface area contributed by atoms with Crippen molar-refractivity contribution in [1.82, 2.24) is 0 Å². The minimum Gasteiger partial charge on any atom is -0.477 e. The lowest BCUT2D eigenvalue weighted by molar-refractivity contribution is -0.136. The van der Waals surface area contributed by atoms with Gasteiger partial charge in [0.2, 0.25) is 0 Å². The first kappa shape index (κ1) is 13.9. The van der Waals surface area contributed by atoms with Crippen molar-refractivity contribution in [2.45, 2.75) is 57.5 Å². The molecule has 1 aliphatic rings. The van der Waals surface area contributed by atoms with Crippen LogP contribution in [-0.4, -0.2) is 11.5 Å². The number of primary amides is 1. The standard InChI is InChI=1S/C16H23NO2/c1-12(2)13-8-4-5-9-14(13)19-16(15(17)18)10-6-3-7-11-16/h4-5,8-9,12H,3,6-7,10-11H2,1-2H3,(H2,17,18). The molecule has 1 fully saturated rings. The normalized spacial score (nSPS) is 18.3. The molecule has 1 aromatic rings. The van der Waals surface area contributed by atoms with Crippen LogP contribution in [-0.2, 0) is 4.79 Å². The van der Waals surface area contributed by atoms with Crippen molar-refractivity contribution >= 4 is 5.91 Å². The van der Waals surface area contributed by atoms with Crippen LogP contribution in [0, 0.1) is 0 Å². The number of amides is 1. The van der Waals surface area contributed by atoms with Crippen molar-refractivity contribution in [1.29, 1.82) is 0 Å². The summed E-state index contributed by atoms with van der Waals surface area (Å²) in [5.41, 5.74) is 5.94. The molecule has 0 spiro atoms. The summed E-state index contributed by atoms with van der Waals surface area (Å²) >= 11 is 0. The van der Waals surface area contributed by atoms with Crippen LogP contribution in [0.15, 0.2) is 24.3 Å². The second-order valence-electron chi connectivity index (χ2n) is 5.71. The summed E-state index contributed by atoms with van der Waals surface area (Å²) in [5.74, 6) is 0.841. The molecule has 104 valence electrons. The lowest BCUT2D eigenvalue weighted by Gasteiger charge is -2.35. The maximum absolute atomic E-state index is 11.9. The molecule has 19 heavy (non-hydrogen) atoms. The fourth-order valence-electron chi connectivity index (χ4n) is 2.78. The first-order valence-corrected chi connectivity index (χ1v) is 7.13. The third-order valence-corrected chi connectivity index (χ3v) is 3.96. The summed E-state index contributed by atoms with van der Waals surface area (Å²) in [6.07, 6.45) is 4.63. The molecule has 3 nitrogen and oxygen atoms in total. The van der Waals surface area contributed by atoms with Gasteiger partial charge in [0.05, 0.1) is 0 Å². The number of carbonyl (C=O) groups excluding carboxylic acids is 1. The molecule has 3 heteroatoms. The number of nitrogens with two attached hydrogens (primary N) is 1. The largest absolute Gasteiger partial charge is 0.477 e. The molecule has 0 bridgehead atoms. The highest BCUT2D eigenvalue weighted by molar-refractivity contribution is 5.84. The zero-order valence-electron chi connectivity index (χ0n) is 11.8. The Balaban J connectivity index is 2.29. The van der Waals surface area contributed by atoms with E-state index in [4.69, 9.17) is 10.5 Å². The highest BCUT2D eigenvalue weighted by Gasteiger charge is 2.40. The molecule has 0 atom stereocenters. The summed E-state index contributed by atoms with van der Waals surface area (Å²) in [5, 5.41) is 0. The van der Waals surface area contributed by atoms with Gasteiger partial charge in [0, 0.05) is 0 Å². The molecule has 0 radical (unpaired) electrons. The monoisotopic (exact) mass is 261 g/mol. The number of carbonyl (C=O) groups is 1. The van der Waals surface area contributed by atoms with Crippen LogP contribution >= 0.6 is 0 Å². The molecular formula is C16H23NO2. The Bertz CT molecular complexity index is 448. The van der Waals surface area contributed by atoms with E-state index in [-0.39, 0.29) is 5.91 Å². The lowest BCUT2D eigenvalue weighted by Crippen LogP contribution is -2.50. The molecule has 1 amide bonds. The van der Waals surface area contributed by atoms with Crippen molar-refractivity contribution in [2.24, 2.45) is 5.73 Å². The highest BCUT2D eigenvalue weighted by atomic mass is 16.5. The van der Waals surface area contributed by atoms with Gasteiger partial charge in [-0.25, -0.2) is 0 Å². The van der Waals surface area contributed by atoms with E-state index < -0.39 is 5.60 Å². The number of rotatable bonds is 4. The predicted molar refractivity (Wildman–Crippen MR) is 76.2 cm³/mol. The van der Waals surface area contributed by atoms with Gasteiger partial charge < -0.3 is 10.5 Å². The van der Waals surface area contributed by atoms with E-state index in [0.717, 1.165) is 43.4 Å². The Kier molecular flexibility index (Phi) is 4.13. The molecule has 0 aliphatic heterocycles. The second-order valence-corrected chi connectivity index (χ2v) is 5.71. The molecule has 0 aromatic heterocycles. The van der Waals surface area contributed by atoms with Crippen molar-refractivity contribution < 1.29 is 9.53 Å². The van der Waals surface area contributed by atoms with Gasteiger partial charge in [0.25, 0.3) is 5.91 Å². The Hall–Kier alpha value is -1.51. The zero-order chi connectivity index (χ0) is 13.9. The molecule has 2 rings (SSSR count). The molecule has 1 aromatic carbocycles. The number of ether oxygens (including phenoxy) is 1. The second kappa shape index (κ2) is 5.64. The molecule has 1 aliphatic carbocycles. The summed E-state index contributed by atoms with van der Waals surface area (Å²) < 4.78 is 6.12. The fraction of sp³-hybridized carbons (Fsp3) is 0.562. The van der Waals surface area contributed by atoms with E-state index >= 15 is 0 Å². The maximum atomic E-state index is 11.9. The van der Waals surface area contributed by atoms with Gasteiger partial charge in [-0.05, 0) is 43.2 Å². The van der Waals surface area contributed by atoms with Gasteiger partial charge in [0.1, 0.15) is 5.75 Å². The van der Waals surface area contributed by atoms with Gasteiger partial charge >= 0.3 is 0 Å². The topological polar surface area (TPSA) is 52.3 Å². The molecule has 0 unspecified atom stereocenters. The average Bonchev–Trinajstić information content (AvgIpc) is 2.40. The average molecular weight is 261 g/mol. The summed E-state index contributed by atoms with van der Waals surface area (Å²) in [6.45, 7) is 4.25. The van der Waals surface area contributed by atoms with E-state index in [0.29, 0.717) is 5.92 Å². The maximum Gasteiger partial charge on any atom is 0.261 e. The van der Waals surface area contributed by atoms with Crippen molar-refractivity contribution in [2.75, 3.05) is 0 Å². The van der Waals surface area contributed by atoms with Gasteiger partial charge in [-0.3, -0.25) is 4.79 Å². The molecule has 2 N–H and O–H groups in total. The third-order valence-electron chi connectivity index (χ3n) is 3.96. The first-order chi connectivity index (χ1) is 9.05. The first-order valence-electron chi connectivity index (χ1n) is 7.13. The minimum atomic E-state index is -0.802. The van der Waals surface area contributed by atoms with Gasteiger partial charge in [-0.1, -0.05) is 38.5 Å². The number of benzene rings is 1. The summed E-state index contributed by atoms with van der Waals surface area (Å²) in [6, 6.07) is 7.94. The zero-order valence-corrected chi connectivity index (χ0v) is 11.8. The fourth-order valence-corrected chi connectivity index (χ4v) is 2.78. The predicted octanol–water partition coefficient (Wildman–Crippen LogP) is 3.38. The van der Waals surface area contributed by atoms with E-state index in [2.05, 4.69) is 19.9 Å².